The third-order valence-electron chi connectivity index (χ3n) is 6.01. The fourth-order valence-electron chi connectivity index (χ4n) is 4.46. The number of likely N-dealkylation sites (tertiary alicyclic amines) is 1. The molecule has 1 aliphatic heterocycles. The molecule has 4 aromatic rings. The van der Waals surface area contributed by atoms with Crippen LogP contribution in [0.3, 0.4) is 0 Å². The van der Waals surface area contributed by atoms with Crippen molar-refractivity contribution in [2.75, 3.05) is 13.1 Å². The molecule has 2 N–H and O–H groups in total. The van der Waals surface area contributed by atoms with Gasteiger partial charge in [0.05, 0.1) is 29.0 Å². The molecule has 9 heteroatoms. The van der Waals surface area contributed by atoms with E-state index in [2.05, 4.69) is 4.98 Å². The Morgan fingerprint density at radius 2 is 1.71 bits per heavy atom. The lowest BCUT2D eigenvalue weighted by Gasteiger charge is -2.32. The molecule has 0 aliphatic carbocycles. The summed E-state index contributed by atoms with van der Waals surface area (Å²) in [6.45, 7) is 0.684. The molecule has 9 nitrogen and oxygen atoms in total. The SMILES string of the molecule is NC(=O)C(=O)N1CCCC(n2c(=O)n(-c3ccc(Oc4ccccc4)cc3)c3cnccc32)C1. The number of para-hydroxylation sites is 1. The molecule has 2 aromatic carbocycles. The zero-order valence-electron chi connectivity index (χ0n) is 18.3. The Bertz CT molecular complexity index is 1410. The topological polar surface area (TPSA) is 112 Å². The van der Waals surface area contributed by atoms with Gasteiger partial charge in [0.2, 0.25) is 0 Å². The molecule has 2 amide bonds. The minimum Gasteiger partial charge on any atom is -0.457 e. The molecule has 3 heterocycles. The van der Waals surface area contributed by atoms with Crippen LogP contribution >= 0.6 is 0 Å². The summed E-state index contributed by atoms with van der Waals surface area (Å²) in [5.74, 6) is -0.340. The summed E-state index contributed by atoms with van der Waals surface area (Å²) in [5.41, 5.74) is 6.99. The van der Waals surface area contributed by atoms with Crippen LogP contribution in [0.25, 0.3) is 16.7 Å². The van der Waals surface area contributed by atoms with Crippen molar-refractivity contribution >= 4 is 22.8 Å². The Morgan fingerprint density at radius 3 is 2.44 bits per heavy atom. The van der Waals surface area contributed by atoms with Crippen LogP contribution in [0.5, 0.6) is 11.5 Å². The number of nitrogens with zero attached hydrogens (tertiary/aromatic N) is 4. The van der Waals surface area contributed by atoms with Gasteiger partial charge >= 0.3 is 17.5 Å². The van der Waals surface area contributed by atoms with Crippen molar-refractivity contribution in [1.29, 1.82) is 0 Å². The van der Waals surface area contributed by atoms with Gasteiger partial charge in [0.15, 0.2) is 0 Å². The maximum atomic E-state index is 13.6. The number of aromatic nitrogens is 3. The maximum Gasteiger partial charge on any atom is 0.334 e. The summed E-state index contributed by atoms with van der Waals surface area (Å²) in [6, 6.07) is 18.2. The first-order valence-corrected chi connectivity index (χ1v) is 11.0. The number of primary amides is 1. The summed E-state index contributed by atoms with van der Waals surface area (Å²) in [6.07, 6.45) is 4.65. The van der Waals surface area contributed by atoms with E-state index >= 15 is 0 Å². The number of imidazole rings is 1. The van der Waals surface area contributed by atoms with E-state index in [1.165, 1.54) is 4.90 Å². The van der Waals surface area contributed by atoms with Crippen molar-refractivity contribution in [3.8, 4) is 17.2 Å². The molecular weight excluding hydrogens is 434 g/mol. The lowest BCUT2D eigenvalue weighted by atomic mass is 10.1. The Labute approximate surface area is 195 Å². The third-order valence-corrected chi connectivity index (χ3v) is 6.01. The number of carbonyl (C=O) groups is 2. The molecule has 1 aliphatic rings. The number of hydrogen-bond acceptors (Lipinski definition) is 5. The van der Waals surface area contributed by atoms with Gasteiger partial charge in [0.25, 0.3) is 0 Å². The van der Waals surface area contributed by atoms with Crippen LogP contribution in [0.2, 0.25) is 0 Å². The van der Waals surface area contributed by atoms with Crippen molar-refractivity contribution in [3.63, 3.8) is 0 Å². The zero-order valence-corrected chi connectivity index (χ0v) is 18.3. The predicted octanol–water partition coefficient (Wildman–Crippen LogP) is 2.63. The van der Waals surface area contributed by atoms with Crippen LogP contribution in [0.4, 0.5) is 0 Å². The van der Waals surface area contributed by atoms with Crippen LogP contribution in [0.1, 0.15) is 18.9 Å². The Balaban J connectivity index is 1.51. The monoisotopic (exact) mass is 457 g/mol. The second-order valence-corrected chi connectivity index (χ2v) is 8.17. The predicted molar refractivity (Wildman–Crippen MR) is 126 cm³/mol. The summed E-state index contributed by atoms with van der Waals surface area (Å²) in [7, 11) is 0. The molecule has 0 bridgehead atoms. The number of nitrogens with two attached hydrogens (primary N) is 1. The summed E-state index contributed by atoms with van der Waals surface area (Å²) < 4.78 is 9.15. The summed E-state index contributed by atoms with van der Waals surface area (Å²) >= 11 is 0. The molecule has 172 valence electrons. The highest BCUT2D eigenvalue weighted by Crippen LogP contribution is 2.27. The van der Waals surface area contributed by atoms with Gasteiger partial charge in [-0.3, -0.25) is 23.7 Å². The Morgan fingerprint density at radius 1 is 0.971 bits per heavy atom. The quantitative estimate of drug-likeness (QED) is 0.474. The summed E-state index contributed by atoms with van der Waals surface area (Å²) in [4.78, 5) is 42.8. The average molecular weight is 457 g/mol. The van der Waals surface area contributed by atoms with E-state index in [0.29, 0.717) is 41.9 Å². The molecule has 1 atom stereocenters. The number of amides is 2. The number of ether oxygens (including phenoxy) is 1. The Hall–Kier alpha value is -4.40. The van der Waals surface area contributed by atoms with E-state index in [1.54, 1.807) is 27.6 Å². The van der Waals surface area contributed by atoms with E-state index in [9.17, 15) is 14.4 Å². The number of benzene rings is 2. The highest BCUT2D eigenvalue weighted by atomic mass is 16.5. The second-order valence-electron chi connectivity index (χ2n) is 8.17. The molecule has 34 heavy (non-hydrogen) atoms. The lowest BCUT2D eigenvalue weighted by molar-refractivity contribution is -0.145. The van der Waals surface area contributed by atoms with Crippen molar-refractivity contribution in [2.45, 2.75) is 18.9 Å². The molecule has 2 aromatic heterocycles. The highest BCUT2D eigenvalue weighted by molar-refractivity contribution is 6.34. The van der Waals surface area contributed by atoms with Gasteiger partial charge in [-0.25, -0.2) is 4.79 Å². The first kappa shape index (κ1) is 21.4. The molecule has 1 unspecified atom stereocenters. The number of hydrogen-bond donors (Lipinski definition) is 1. The fraction of sp³-hybridized carbons (Fsp3) is 0.200. The highest BCUT2D eigenvalue weighted by Gasteiger charge is 2.30. The van der Waals surface area contributed by atoms with Crippen LogP contribution in [0, 0.1) is 0 Å². The fourth-order valence-corrected chi connectivity index (χ4v) is 4.46. The Kier molecular flexibility index (Phi) is 5.59. The third kappa shape index (κ3) is 3.92. The standard InChI is InChI=1S/C25H23N5O4/c26-23(31)24(32)28-14-4-5-18(16-28)30-21-12-13-27-15-22(21)29(25(30)33)17-8-10-20(11-9-17)34-19-6-2-1-3-7-19/h1-3,6-13,15,18H,4-5,14,16H2,(H2,26,31). The number of rotatable bonds is 4. The van der Waals surface area contributed by atoms with Crippen LogP contribution < -0.4 is 16.2 Å². The average Bonchev–Trinajstić information content (AvgIpc) is 3.16. The van der Waals surface area contributed by atoms with Gasteiger partial charge in [-0.1, -0.05) is 18.2 Å². The van der Waals surface area contributed by atoms with Crippen LogP contribution in [0.15, 0.2) is 77.9 Å². The molecule has 1 fully saturated rings. The van der Waals surface area contributed by atoms with E-state index < -0.39 is 11.8 Å². The van der Waals surface area contributed by atoms with Crippen molar-refractivity contribution in [3.05, 3.63) is 83.5 Å². The summed E-state index contributed by atoms with van der Waals surface area (Å²) in [5, 5.41) is 0. The molecule has 0 spiro atoms. The number of piperidine rings is 1. The first-order chi connectivity index (χ1) is 16.5. The van der Waals surface area contributed by atoms with Crippen LogP contribution in [-0.2, 0) is 9.59 Å². The van der Waals surface area contributed by atoms with E-state index in [-0.39, 0.29) is 18.3 Å². The number of fused-ring (bicyclic) bond motifs is 1. The minimum absolute atomic E-state index is 0.238. The molecular formula is C25H23N5O4. The maximum absolute atomic E-state index is 13.6. The molecule has 1 saturated heterocycles. The van der Waals surface area contributed by atoms with Crippen molar-refractivity contribution in [2.24, 2.45) is 5.73 Å². The van der Waals surface area contributed by atoms with Gasteiger partial charge in [-0.05, 0) is 55.3 Å². The van der Waals surface area contributed by atoms with Gasteiger partial charge in [-0.2, -0.15) is 0 Å². The first-order valence-electron chi connectivity index (χ1n) is 11.0. The van der Waals surface area contributed by atoms with E-state index in [1.807, 2.05) is 54.6 Å². The van der Waals surface area contributed by atoms with E-state index in [4.69, 9.17) is 10.5 Å². The van der Waals surface area contributed by atoms with Gasteiger partial charge in [0.1, 0.15) is 11.5 Å². The van der Waals surface area contributed by atoms with Crippen molar-refractivity contribution in [1.82, 2.24) is 19.0 Å². The van der Waals surface area contributed by atoms with Gasteiger partial charge < -0.3 is 15.4 Å². The van der Waals surface area contributed by atoms with Crippen LogP contribution in [-0.4, -0.2) is 43.9 Å². The lowest BCUT2D eigenvalue weighted by Crippen LogP contribution is -2.47. The normalized spacial score (nSPS) is 15.9. The number of pyridine rings is 1. The molecule has 0 saturated carbocycles. The molecule has 0 radical (unpaired) electrons. The molecule has 5 rings (SSSR count). The largest absolute Gasteiger partial charge is 0.457 e. The smallest absolute Gasteiger partial charge is 0.334 e. The minimum atomic E-state index is -0.988. The second kappa shape index (κ2) is 8.86. The number of carbonyl (C=O) groups excluding carboxylic acids is 2. The van der Waals surface area contributed by atoms with E-state index in [0.717, 1.165) is 5.75 Å². The van der Waals surface area contributed by atoms with Crippen molar-refractivity contribution < 1.29 is 14.3 Å². The van der Waals surface area contributed by atoms with Gasteiger partial charge in [0, 0.05) is 19.3 Å². The zero-order chi connectivity index (χ0) is 23.7. The van der Waals surface area contributed by atoms with Gasteiger partial charge in [-0.15, -0.1) is 0 Å².